The van der Waals surface area contributed by atoms with Crippen molar-refractivity contribution in [3.05, 3.63) is 65.2 Å². The minimum absolute atomic E-state index is 0.0195. The largest absolute Gasteiger partial charge is 0.506 e. The molecule has 0 saturated heterocycles. The molecule has 0 spiro atoms. The van der Waals surface area contributed by atoms with E-state index in [9.17, 15) is 14.7 Å². The van der Waals surface area contributed by atoms with E-state index in [0.717, 1.165) is 11.1 Å². The summed E-state index contributed by atoms with van der Waals surface area (Å²) >= 11 is 3.47. The molecule has 0 aliphatic rings. The van der Waals surface area contributed by atoms with Gasteiger partial charge in [0.15, 0.2) is 0 Å². The molecule has 3 aromatic carbocycles. The van der Waals surface area contributed by atoms with Crippen LogP contribution < -0.4 is 0 Å². The third-order valence-electron chi connectivity index (χ3n) is 4.40. The van der Waals surface area contributed by atoms with Crippen LogP contribution in [0, 0.1) is 0 Å². The van der Waals surface area contributed by atoms with E-state index < -0.39 is 11.9 Å². The summed E-state index contributed by atoms with van der Waals surface area (Å²) in [5.41, 5.74) is 1.98. The summed E-state index contributed by atoms with van der Waals surface area (Å²) in [6.45, 7) is 0. The van der Waals surface area contributed by atoms with Crippen LogP contribution in [0.5, 0.6) is 5.75 Å². The first-order valence-corrected chi connectivity index (χ1v) is 9.25. The van der Waals surface area contributed by atoms with Gasteiger partial charge in [-0.15, -0.1) is 0 Å². The van der Waals surface area contributed by atoms with E-state index in [1.54, 1.807) is 24.3 Å². The van der Waals surface area contributed by atoms with Crippen molar-refractivity contribution in [2.45, 2.75) is 5.33 Å². The van der Waals surface area contributed by atoms with Crippen LogP contribution in [0.15, 0.2) is 48.5 Å². The molecule has 3 rings (SSSR count). The average molecular weight is 429 g/mol. The van der Waals surface area contributed by atoms with Crippen molar-refractivity contribution >= 4 is 38.6 Å². The number of methoxy groups -OCH3 is 2. The predicted octanol–water partition coefficient (Wildman–Crippen LogP) is 4.68. The zero-order valence-corrected chi connectivity index (χ0v) is 16.4. The highest BCUT2D eigenvalue weighted by Gasteiger charge is 2.30. The Morgan fingerprint density at radius 3 is 2.07 bits per heavy atom. The maximum Gasteiger partial charge on any atom is 0.342 e. The van der Waals surface area contributed by atoms with Gasteiger partial charge in [-0.1, -0.05) is 64.5 Å². The molecule has 138 valence electrons. The summed E-state index contributed by atoms with van der Waals surface area (Å²) in [5, 5.41) is 12.4. The van der Waals surface area contributed by atoms with Crippen LogP contribution in [0.25, 0.3) is 21.9 Å². The number of carbonyl (C=O) groups excluding carboxylic acids is 2. The van der Waals surface area contributed by atoms with Gasteiger partial charge >= 0.3 is 11.9 Å². The number of carbonyl (C=O) groups is 2. The second kappa shape index (κ2) is 7.80. The van der Waals surface area contributed by atoms with Gasteiger partial charge in [-0.05, 0) is 16.5 Å². The summed E-state index contributed by atoms with van der Waals surface area (Å²) in [4.78, 5) is 25.1. The molecule has 0 aliphatic carbocycles. The Morgan fingerprint density at radius 1 is 0.889 bits per heavy atom. The number of benzene rings is 3. The van der Waals surface area contributed by atoms with Crippen LogP contribution in [0.1, 0.15) is 26.3 Å². The van der Waals surface area contributed by atoms with E-state index in [4.69, 9.17) is 9.47 Å². The quantitative estimate of drug-likeness (QED) is 0.482. The van der Waals surface area contributed by atoms with Crippen LogP contribution in [0.2, 0.25) is 0 Å². The molecule has 0 atom stereocenters. The third-order valence-corrected chi connectivity index (χ3v) is 5.00. The van der Waals surface area contributed by atoms with E-state index in [1.807, 2.05) is 24.3 Å². The number of fused-ring (bicyclic) bond motifs is 1. The smallest absolute Gasteiger partial charge is 0.342 e. The Kier molecular flexibility index (Phi) is 5.46. The summed E-state index contributed by atoms with van der Waals surface area (Å²) in [6, 6.07) is 14.6. The van der Waals surface area contributed by atoms with E-state index in [1.165, 1.54) is 14.2 Å². The fourth-order valence-corrected chi connectivity index (χ4v) is 3.68. The van der Waals surface area contributed by atoms with Gasteiger partial charge in [0, 0.05) is 16.3 Å². The summed E-state index contributed by atoms with van der Waals surface area (Å²) < 4.78 is 9.77. The zero-order valence-electron chi connectivity index (χ0n) is 14.8. The number of hydrogen-bond donors (Lipinski definition) is 1. The van der Waals surface area contributed by atoms with Crippen LogP contribution in [-0.4, -0.2) is 31.3 Å². The van der Waals surface area contributed by atoms with Crippen LogP contribution in [0.4, 0.5) is 0 Å². The second-order valence-corrected chi connectivity index (χ2v) is 6.35. The van der Waals surface area contributed by atoms with E-state index >= 15 is 0 Å². The SMILES string of the molecule is COC(=O)c1c(C(=O)OC)c(-c2ccccc2CBr)c2ccccc2c1O. The highest BCUT2D eigenvalue weighted by atomic mass is 79.9. The number of ether oxygens (including phenoxy) is 2. The first-order chi connectivity index (χ1) is 13.0. The molecular formula is C21H17BrO5. The number of alkyl halides is 1. The number of hydrogen-bond acceptors (Lipinski definition) is 5. The highest BCUT2D eigenvalue weighted by Crippen LogP contribution is 2.42. The van der Waals surface area contributed by atoms with E-state index in [-0.39, 0.29) is 16.9 Å². The molecule has 3 aromatic rings. The Morgan fingerprint density at radius 2 is 1.44 bits per heavy atom. The summed E-state index contributed by atoms with van der Waals surface area (Å²) in [5.74, 6) is -1.84. The van der Waals surface area contributed by atoms with Gasteiger partial charge in [0.2, 0.25) is 0 Å². The summed E-state index contributed by atoms with van der Waals surface area (Å²) in [7, 11) is 2.43. The van der Waals surface area contributed by atoms with Gasteiger partial charge < -0.3 is 14.6 Å². The molecule has 0 bridgehead atoms. The molecule has 0 heterocycles. The number of aromatic hydroxyl groups is 1. The minimum Gasteiger partial charge on any atom is -0.506 e. The fraction of sp³-hybridized carbons (Fsp3) is 0.143. The molecule has 0 aliphatic heterocycles. The number of phenolic OH excluding ortho intramolecular Hbond substituents is 1. The van der Waals surface area contributed by atoms with Gasteiger partial charge in [0.1, 0.15) is 11.3 Å². The first-order valence-electron chi connectivity index (χ1n) is 8.13. The van der Waals surface area contributed by atoms with Crippen molar-refractivity contribution in [2.24, 2.45) is 0 Å². The molecule has 0 saturated carbocycles. The molecular weight excluding hydrogens is 412 g/mol. The lowest BCUT2D eigenvalue weighted by molar-refractivity contribution is 0.0553. The number of halogens is 1. The van der Waals surface area contributed by atoms with E-state index in [0.29, 0.717) is 21.7 Å². The lowest BCUT2D eigenvalue weighted by atomic mass is 9.87. The van der Waals surface area contributed by atoms with Crippen LogP contribution in [0.3, 0.4) is 0 Å². The predicted molar refractivity (Wildman–Crippen MR) is 106 cm³/mol. The molecule has 27 heavy (non-hydrogen) atoms. The average Bonchev–Trinajstić information content (AvgIpc) is 2.72. The Labute approximate surface area is 164 Å². The van der Waals surface area contributed by atoms with Crippen LogP contribution in [-0.2, 0) is 14.8 Å². The van der Waals surface area contributed by atoms with Gasteiger partial charge in [-0.2, -0.15) is 0 Å². The molecule has 0 aromatic heterocycles. The summed E-state index contributed by atoms with van der Waals surface area (Å²) in [6.07, 6.45) is 0. The van der Waals surface area contributed by atoms with Crippen molar-refractivity contribution in [2.75, 3.05) is 14.2 Å². The van der Waals surface area contributed by atoms with Crippen LogP contribution >= 0.6 is 15.9 Å². The number of esters is 2. The molecule has 0 fully saturated rings. The molecule has 5 nitrogen and oxygen atoms in total. The fourth-order valence-electron chi connectivity index (χ4n) is 3.19. The Bertz CT molecular complexity index is 1040. The standard InChI is InChI=1S/C21H17BrO5/c1-26-20(24)17-16(13-8-4-3-7-12(13)11-22)14-9-5-6-10-15(14)19(23)18(17)21(25)27-2/h3-10,23H,11H2,1-2H3. The van der Waals surface area contributed by atoms with Gasteiger partial charge in [-0.3, -0.25) is 0 Å². The molecule has 1 N–H and O–H groups in total. The minimum atomic E-state index is -0.809. The van der Waals surface area contributed by atoms with Crippen molar-refractivity contribution < 1.29 is 24.2 Å². The van der Waals surface area contributed by atoms with Crippen molar-refractivity contribution in [3.63, 3.8) is 0 Å². The maximum atomic E-state index is 12.7. The topological polar surface area (TPSA) is 72.8 Å². The number of rotatable bonds is 4. The maximum absolute atomic E-state index is 12.7. The van der Waals surface area contributed by atoms with Crippen molar-refractivity contribution in [1.82, 2.24) is 0 Å². The van der Waals surface area contributed by atoms with Gasteiger partial charge in [0.25, 0.3) is 0 Å². The molecule has 0 unspecified atom stereocenters. The molecule has 0 radical (unpaired) electrons. The van der Waals surface area contributed by atoms with Gasteiger partial charge in [-0.25, -0.2) is 9.59 Å². The van der Waals surface area contributed by atoms with E-state index in [2.05, 4.69) is 15.9 Å². The lowest BCUT2D eigenvalue weighted by Gasteiger charge is -2.19. The van der Waals surface area contributed by atoms with Crippen molar-refractivity contribution in [1.29, 1.82) is 0 Å². The van der Waals surface area contributed by atoms with Gasteiger partial charge in [0.05, 0.1) is 19.8 Å². The Balaban J connectivity index is 2.59. The molecule has 0 amide bonds. The highest BCUT2D eigenvalue weighted by molar-refractivity contribution is 9.08. The first kappa shape index (κ1) is 18.9. The molecule has 6 heteroatoms. The second-order valence-electron chi connectivity index (χ2n) is 5.79. The normalized spacial score (nSPS) is 10.6. The third kappa shape index (κ3) is 3.17. The monoisotopic (exact) mass is 428 g/mol. The number of phenols is 1. The zero-order chi connectivity index (χ0) is 19.6. The lowest BCUT2D eigenvalue weighted by Crippen LogP contribution is -2.14. The van der Waals surface area contributed by atoms with Crippen molar-refractivity contribution in [3.8, 4) is 16.9 Å². The Hall–Kier alpha value is -2.86.